The zero-order valence-electron chi connectivity index (χ0n) is 14.8. The van der Waals surface area contributed by atoms with Crippen molar-refractivity contribution in [3.63, 3.8) is 0 Å². The molecule has 28 heavy (non-hydrogen) atoms. The Hall–Kier alpha value is -2.84. The van der Waals surface area contributed by atoms with Gasteiger partial charge in [-0.25, -0.2) is 0 Å². The summed E-state index contributed by atoms with van der Waals surface area (Å²) in [5, 5.41) is 20.9. The Labute approximate surface area is 171 Å². The molecule has 0 saturated carbocycles. The number of hydrogen-bond donors (Lipinski definition) is 0. The van der Waals surface area contributed by atoms with Crippen LogP contribution in [0.1, 0.15) is 11.4 Å². The van der Waals surface area contributed by atoms with Gasteiger partial charge in [0.2, 0.25) is 0 Å². The van der Waals surface area contributed by atoms with Gasteiger partial charge in [0.05, 0.1) is 4.92 Å². The SMILES string of the molecule is C=CCn1c(COc2ccc(Cl)cc2)nnc1SCc1ccccc1[N+](=O)[O-]. The van der Waals surface area contributed by atoms with Crippen molar-refractivity contribution < 1.29 is 9.66 Å². The molecule has 0 amide bonds. The summed E-state index contributed by atoms with van der Waals surface area (Å²) in [7, 11) is 0. The zero-order valence-corrected chi connectivity index (χ0v) is 16.4. The number of nitrogens with zero attached hydrogens (tertiary/aromatic N) is 4. The van der Waals surface area contributed by atoms with Crippen molar-refractivity contribution in [3.05, 3.63) is 87.7 Å². The Morgan fingerprint density at radius 2 is 1.96 bits per heavy atom. The number of nitro benzene ring substituents is 1. The largest absolute Gasteiger partial charge is 0.486 e. The maximum absolute atomic E-state index is 11.2. The van der Waals surface area contributed by atoms with Crippen molar-refractivity contribution in [2.75, 3.05) is 0 Å². The number of benzene rings is 2. The summed E-state index contributed by atoms with van der Waals surface area (Å²) >= 11 is 7.26. The van der Waals surface area contributed by atoms with E-state index in [-0.39, 0.29) is 17.2 Å². The van der Waals surface area contributed by atoms with Gasteiger partial charge in [0.25, 0.3) is 5.69 Å². The second kappa shape index (κ2) is 9.38. The summed E-state index contributed by atoms with van der Waals surface area (Å²) in [6.45, 7) is 4.51. The predicted octanol–water partition coefficient (Wildman–Crippen LogP) is 4.90. The molecule has 0 aliphatic rings. The highest BCUT2D eigenvalue weighted by Crippen LogP contribution is 2.27. The van der Waals surface area contributed by atoms with Crippen molar-refractivity contribution in [1.82, 2.24) is 14.8 Å². The third-order valence-corrected chi connectivity index (χ3v) is 5.10. The van der Waals surface area contributed by atoms with Crippen molar-refractivity contribution >= 4 is 29.1 Å². The van der Waals surface area contributed by atoms with Gasteiger partial charge < -0.3 is 4.74 Å². The molecule has 0 saturated heterocycles. The molecule has 0 aliphatic carbocycles. The third kappa shape index (κ3) is 4.90. The molecule has 3 rings (SSSR count). The lowest BCUT2D eigenvalue weighted by Gasteiger charge is -2.09. The summed E-state index contributed by atoms with van der Waals surface area (Å²) in [6, 6.07) is 13.7. The number of nitro groups is 1. The third-order valence-electron chi connectivity index (χ3n) is 3.83. The number of ether oxygens (including phenoxy) is 1. The van der Waals surface area contributed by atoms with Gasteiger partial charge in [-0.05, 0) is 24.3 Å². The molecule has 0 aliphatic heterocycles. The van der Waals surface area contributed by atoms with Crippen LogP contribution in [0.2, 0.25) is 5.02 Å². The van der Waals surface area contributed by atoms with Crippen LogP contribution in [0, 0.1) is 10.1 Å². The molecule has 0 unspecified atom stereocenters. The van der Waals surface area contributed by atoms with Crippen molar-refractivity contribution in [1.29, 1.82) is 0 Å². The molecule has 0 fully saturated rings. The van der Waals surface area contributed by atoms with Gasteiger partial charge in [-0.15, -0.1) is 16.8 Å². The minimum Gasteiger partial charge on any atom is -0.486 e. The summed E-state index contributed by atoms with van der Waals surface area (Å²) < 4.78 is 7.62. The monoisotopic (exact) mass is 416 g/mol. The number of halogens is 1. The van der Waals surface area contributed by atoms with Gasteiger partial charge in [0, 0.05) is 29.0 Å². The van der Waals surface area contributed by atoms with Crippen LogP contribution in [0.15, 0.2) is 66.3 Å². The van der Waals surface area contributed by atoms with Crippen LogP contribution in [0.5, 0.6) is 5.75 Å². The van der Waals surface area contributed by atoms with E-state index in [1.165, 1.54) is 17.8 Å². The number of allylic oxidation sites excluding steroid dienone is 1. The summed E-state index contributed by atoms with van der Waals surface area (Å²) in [5.74, 6) is 1.72. The van der Waals surface area contributed by atoms with Crippen LogP contribution in [0.3, 0.4) is 0 Å². The molecule has 7 nitrogen and oxygen atoms in total. The zero-order chi connectivity index (χ0) is 19.9. The van der Waals surface area contributed by atoms with Gasteiger partial charge in [-0.1, -0.05) is 47.6 Å². The van der Waals surface area contributed by atoms with Gasteiger partial charge in [0.1, 0.15) is 12.4 Å². The van der Waals surface area contributed by atoms with E-state index in [9.17, 15) is 10.1 Å². The van der Waals surface area contributed by atoms with E-state index in [1.807, 2.05) is 4.57 Å². The predicted molar refractivity (Wildman–Crippen MR) is 109 cm³/mol. The van der Waals surface area contributed by atoms with E-state index in [1.54, 1.807) is 48.5 Å². The first-order valence-electron chi connectivity index (χ1n) is 8.35. The van der Waals surface area contributed by atoms with E-state index in [2.05, 4.69) is 16.8 Å². The van der Waals surface area contributed by atoms with Gasteiger partial charge in [0.15, 0.2) is 11.0 Å². The molecule has 0 atom stereocenters. The number of thioether (sulfide) groups is 1. The fourth-order valence-electron chi connectivity index (χ4n) is 2.48. The maximum Gasteiger partial charge on any atom is 0.273 e. The lowest BCUT2D eigenvalue weighted by atomic mass is 10.2. The molecule has 0 N–H and O–H groups in total. The number of para-hydroxylation sites is 1. The molecule has 0 radical (unpaired) electrons. The topological polar surface area (TPSA) is 83.1 Å². The normalized spacial score (nSPS) is 10.6. The van der Waals surface area contributed by atoms with Crippen molar-refractivity contribution in [2.24, 2.45) is 0 Å². The standard InChI is InChI=1S/C19H17ClN4O3S/c1-2-11-23-18(12-27-16-9-7-15(20)8-10-16)21-22-19(23)28-13-14-5-3-4-6-17(14)24(25)26/h2-10H,1,11-13H2. The molecule has 9 heteroatoms. The molecule has 2 aromatic carbocycles. The molecule has 0 spiro atoms. The fourth-order valence-corrected chi connectivity index (χ4v) is 3.57. The second-order valence-electron chi connectivity index (χ2n) is 5.72. The van der Waals surface area contributed by atoms with Crippen LogP contribution < -0.4 is 4.74 Å². The van der Waals surface area contributed by atoms with E-state index in [0.29, 0.717) is 39.6 Å². The van der Waals surface area contributed by atoms with E-state index in [0.717, 1.165) is 0 Å². The Bertz CT molecular complexity index is 976. The van der Waals surface area contributed by atoms with Crippen LogP contribution in [0.4, 0.5) is 5.69 Å². The highest BCUT2D eigenvalue weighted by atomic mass is 35.5. The first-order valence-corrected chi connectivity index (χ1v) is 9.71. The van der Waals surface area contributed by atoms with Gasteiger partial charge in [-0.3, -0.25) is 14.7 Å². The van der Waals surface area contributed by atoms with Crippen molar-refractivity contribution in [3.8, 4) is 5.75 Å². The molecule has 0 bridgehead atoms. The summed E-state index contributed by atoms with van der Waals surface area (Å²) in [4.78, 5) is 10.8. The Kier molecular flexibility index (Phi) is 6.67. The lowest BCUT2D eigenvalue weighted by molar-refractivity contribution is -0.385. The summed E-state index contributed by atoms with van der Waals surface area (Å²) in [5.41, 5.74) is 0.723. The number of rotatable bonds is 9. The summed E-state index contributed by atoms with van der Waals surface area (Å²) in [6.07, 6.45) is 1.74. The van der Waals surface area contributed by atoms with Gasteiger partial charge >= 0.3 is 0 Å². The van der Waals surface area contributed by atoms with Crippen LogP contribution in [-0.4, -0.2) is 19.7 Å². The second-order valence-corrected chi connectivity index (χ2v) is 7.09. The Morgan fingerprint density at radius 1 is 1.21 bits per heavy atom. The average molecular weight is 417 g/mol. The average Bonchev–Trinajstić information content (AvgIpc) is 3.08. The number of aromatic nitrogens is 3. The molecule has 1 heterocycles. The molecule has 3 aromatic rings. The maximum atomic E-state index is 11.2. The van der Waals surface area contributed by atoms with E-state index < -0.39 is 0 Å². The van der Waals surface area contributed by atoms with Crippen LogP contribution >= 0.6 is 23.4 Å². The first-order chi connectivity index (χ1) is 13.6. The van der Waals surface area contributed by atoms with E-state index >= 15 is 0 Å². The minimum atomic E-state index is -0.379. The molecular weight excluding hydrogens is 400 g/mol. The highest BCUT2D eigenvalue weighted by Gasteiger charge is 2.16. The lowest BCUT2D eigenvalue weighted by Crippen LogP contribution is -2.07. The van der Waals surface area contributed by atoms with E-state index in [4.69, 9.17) is 16.3 Å². The fraction of sp³-hybridized carbons (Fsp3) is 0.158. The first kappa shape index (κ1) is 19.9. The Morgan fingerprint density at radius 3 is 2.68 bits per heavy atom. The highest BCUT2D eigenvalue weighted by molar-refractivity contribution is 7.98. The van der Waals surface area contributed by atoms with Gasteiger partial charge in [-0.2, -0.15) is 0 Å². The smallest absolute Gasteiger partial charge is 0.273 e. The molecular formula is C19H17ClN4O3S. The van der Waals surface area contributed by atoms with Crippen LogP contribution in [-0.2, 0) is 18.9 Å². The molecule has 144 valence electrons. The quantitative estimate of drug-likeness (QED) is 0.213. The minimum absolute atomic E-state index is 0.0936. The molecule has 1 aromatic heterocycles. The van der Waals surface area contributed by atoms with Crippen molar-refractivity contribution in [2.45, 2.75) is 24.1 Å². The number of hydrogen-bond acceptors (Lipinski definition) is 6. The van der Waals surface area contributed by atoms with Crippen LogP contribution in [0.25, 0.3) is 0 Å². The Balaban J connectivity index is 1.72.